The Balaban J connectivity index is 1.49. The number of hydrazone groups is 1. The van der Waals surface area contributed by atoms with Crippen LogP contribution in [0.15, 0.2) is 77.9 Å². The Morgan fingerprint density at radius 1 is 0.818 bits per heavy atom. The first-order valence-electron chi connectivity index (χ1n) is 9.58. The second-order valence-corrected chi connectivity index (χ2v) is 7.34. The molecule has 0 saturated carbocycles. The molecule has 3 aromatic rings. The fraction of sp³-hybridized carbons (Fsp3) is 0.0435. The van der Waals surface area contributed by atoms with Crippen molar-refractivity contribution in [3.05, 3.63) is 88.4 Å². The van der Waals surface area contributed by atoms with E-state index in [1.54, 1.807) is 72.8 Å². The summed E-state index contributed by atoms with van der Waals surface area (Å²) in [5.41, 5.74) is 3.51. The highest BCUT2D eigenvalue weighted by atomic mass is 35.5. The van der Waals surface area contributed by atoms with E-state index in [1.165, 1.54) is 6.21 Å². The fourth-order valence-electron chi connectivity index (χ4n) is 2.54. The molecule has 0 radical (unpaired) electrons. The van der Waals surface area contributed by atoms with Crippen LogP contribution >= 0.6 is 23.2 Å². The molecule has 0 aliphatic rings. The summed E-state index contributed by atoms with van der Waals surface area (Å²) in [7, 11) is 0. The van der Waals surface area contributed by atoms with Crippen LogP contribution in [-0.4, -0.2) is 30.5 Å². The topological polar surface area (TPSA) is 109 Å². The highest BCUT2D eigenvalue weighted by molar-refractivity contribution is 6.41. The van der Waals surface area contributed by atoms with E-state index >= 15 is 0 Å². The maximum absolute atomic E-state index is 12.1. The predicted molar refractivity (Wildman–Crippen MR) is 128 cm³/mol. The largest absolute Gasteiger partial charge is 0.484 e. The summed E-state index contributed by atoms with van der Waals surface area (Å²) < 4.78 is 5.48. The van der Waals surface area contributed by atoms with Crippen molar-refractivity contribution in [1.29, 1.82) is 0 Å². The van der Waals surface area contributed by atoms with Gasteiger partial charge in [0.25, 0.3) is 5.91 Å². The highest BCUT2D eigenvalue weighted by Crippen LogP contribution is 2.21. The van der Waals surface area contributed by atoms with Gasteiger partial charge in [0.05, 0.1) is 27.6 Å². The van der Waals surface area contributed by atoms with Gasteiger partial charge in [0.1, 0.15) is 5.75 Å². The number of hydrogen-bond acceptors (Lipinski definition) is 5. The quantitative estimate of drug-likeness (QED) is 0.266. The van der Waals surface area contributed by atoms with Gasteiger partial charge >= 0.3 is 11.8 Å². The molecule has 0 unspecified atom stereocenters. The highest BCUT2D eigenvalue weighted by Gasteiger charge is 2.14. The van der Waals surface area contributed by atoms with Crippen molar-refractivity contribution in [1.82, 2.24) is 5.43 Å². The first-order valence-corrected chi connectivity index (χ1v) is 10.3. The molecule has 0 bridgehead atoms. The van der Waals surface area contributed by atoms with Gasteiger partial charge in [-0.25, -0.2) is 5.43 Å². The number of ether oxygens (including phenoxy) is 1. The van der Waals surface area contributed by atoms with Gasteiger partial charge in [-0.15, -0.1) is 0 Å². The van der Waals surface area contributed by atoms with Crippen LogP contribution in [0.2, 0.25) is 10.0 Å². The molecular weight excluding hydrogens is 467 g/mol. The number of rotatable bonds is 7. The Bertz CT molecular complexity index is 1200. The molecular formula is C23H18Cl2N4O4. The lowest BCUT2D eigenvalue weighted by atomic mass is 10.2. The van der Waals surface area contributed by atoms with E-state index in [1.807, 2.05) is 0 Å². The molecule has 0 fully saturated rings. The first-order chi connectivity index (χ1) is 15.9. The minimum atomic E-state index is -0.963. The Hall–Kier alpha value is -3.88. The Morgan fingerprint density at radius 2 is 1.45 bits per heavy atom. The van der Waals surface area contributed by atoms with E-state index in [0.29, 0.717) is 32.7 Å². The van der Waals surface area contributed by atoms with Crippen LogP contribution in [0.5, 0.6) is 5.75 Å². The molecule has 8 nitrogen and oxygen atoms in total. The lowest BCUT2D eigenvalue weighted by molar-refractivity contribution is -0.136. The van der Waals surface area contributed by atoms with Gasteiger partial charge in [0.2, 0.25) is 0 Å². The smallest absolute Gasteiger partial charge is 0.329 e. The summed E-state index contributed by atoms with van der Waals surface area (Å²) in [6.07, 6.45) is 1.33. The second-order valence-electron chi connectivity index (χ2n) is 6.52. The van der Waals surface area contributed by atoms with E-state index in [-0.39, 0.29) is 12.5 Å². The SMILES string of the molecule is O=C(COc1cccc(/C=N\NC(=O)C(=O)Nc2ccccc2Cl)c1)Nc1ccccc1Cl. The fourth-order valence-corrected chi connectivity index (χ4v) is 2.91. The minimum Gasteiger partial charge on any atom is -0.484 e. The summed E-state index contributed by atoms with van der Waals surface area (Å²) in [5.74, 6) is -1.84. The summed E-state index contributed by atoms with van der Waals surface area (Å²) in [6.45, 7) is -0.231. The molecule has 3 N–H and O–H groups in total. The van der Waals surface area contributed by atoms with Crippen LogP contribution in [-0.2, 0) is 14.4 Å². The van der Waals surface area contributed by atoms with Gasteiger partial charge in [-0.05, 0) is 42.0 Å². The van der Waals surface area contributed by atoms with Gasteiger partial charge in [0.15, 0.2) is 6.61 Å². The van der Waals surface area contributed by atoms with Crippen molar-refractivity contribution in [2.75, 3.05) is 17.2 Å². The predicted octanol–water partition coefficient (Wildman–Crippen LogP) is 4.10. The average Bonchev–Trinajstić information content (AvgIpc) is 2.81. The normalized spacial score (nSPS) is 10.5. The molecule has 33 heavy (non-hydrogen) atoms. The third kappa shape index (κ3) is 7.34. The Labute approximate surface area is 199 Å². The van der Waals surface area contributed by atoms with Crippen molar-refractivity contribution in [3.8, 4) is 5.75 Å². The number of para-hydroxylation sites is 2. The zero-order valence-corrected chi connectivity index (χ0v) is 18.6. The van der Waals surface area contributed by atoms with Crippen molar-refractivity contribution in [3.63, 3.8) is 0 Å². The number of hydrogen-bond donors (Lipinski definition) is 3. The lowest BCUT2D eigenvalue weighted by Gasteiger charge is -2.09. The minimum absolute atomic E-state index is 0.231. The van der Waals surface area contributed by atoms with Crippen molar-refractivity contribution in [2.45, 2.75) is 0 Å². The zero-order valence-electron chi connectivity index (χ0n) is 17.0. The number of carbonyl (C=O) groups is 3. The molecule has 0 spiro atoms. The van der Waals surface area contributed by atoms with E-state index in [2.05, 4.69) is 21.2 Å². The summed E-state index contributed by atoms with van der Waals surface area (Å²) in [4.78, 5) is 35.9. The third-order valence-corrected chi connectivity index (χ3v) is 4.74. The zero-order chi connectivity index (χ0) is 23.6. The van der Waals surface area contributed by atoms with Gasteiger partial charge in [-0.2, -0.15) is 5.10 Å². The Morgan fingerprint density at radius 3 is 2.12 bits per heavy atom. The number of nitrogens with one attached hydrogen (secondary N) is 3. The maximum atomic E-state index is 12.1. The number of carbonyl (C=O) groups excluding carboxylic acids is 3. The van der Waals surface area contributed by atoms with Gasteiger partial charge < -0.3 is 15.4 Å². The molecule has 3 amide bonds. The standard InChI is InChI=1S/C23H18Cl2N4O4/c24-17-8-1-3-10-19(17)27-21(30)14-33-16-7-5-6-15(12-16)13-26-29-23(32)22(31)28-20-11-4-2-9-18(20)25/h1-13H,14H2,(H,27,30)(H,28,31)(H,29,32)/b26-13-. The van der Waals surface area contributed by atoms with Crippen LogP contribution in [0.1, 0.15) is 5.56 Å². The van der Waals surface area contributed by atoms with Crippen LogP contribution in [0, 0.1) is 0 Å². The molecule has 0 saturated heterocycles. The number of halogens is 2. The molecule has 168 valence electrons. The van der Waals surface area contributed by atoms with Crippen LogP contribution in [0.4, 0.5) is 11.4 Å². The summed E-state index contributed by atoms with van der Waals surface area (Å²) in [6, 6.07) is 20.1. The molecule has 0 aromatic heterocycles. The number of amides is 3. The molecule has 0 heterocycles. The molecule has 3 aromatic carbocycles. The Kier molecular flexibility index (Phi) is 8.40. The van der Waals surface area contributed by atoms with Crippen LogP contribution in [0.25, 0.3) is 0 Å². The average molecular weight is 485 g/mol. The van der Waals surface area contributed by atoms with Gasteiger partial charge in [0, 0.05) is 0 Å². The number of anilines is 2. The van der Waals surface area contributed by atoms with E-state index < -0.39 is 11.8 Å². The molecule has 3 rings (SSSR count). The number of nitrogens with zero attached hydrogens (tertiary/aromatic N) is 1. The van der Waals surface area contributed by atoms with Gasteiger partial charge in [-0.1, -0.05) is 59.6 Å². The first kappa shape index (κ1) is 23.8. The van der Waals surface area contributed by atoms with Crippen molar-refractivity contribution >= 4 is 58.5 Å². The molecule has 10 heteroatoms. The van der Waals surface area contributed by atoms with E-state index in [9.17, 15) is 14.4 Å². The van der Waals surface area contributed by atoms with Crippen molar-refractivity contribution in [2.24, 2.45) is 5.10 Å². The van der Waals surface area contributed by atoms with E-state index in [4.69, 9.17) is 27.9 Å². The second kappa shape index (κ2) is 11.7. The monoisotopic (exact) mass is 484 g/mol. The number of benzene rings is 3. The molecule has 0 atom stereocenters. The van der Waals surface area contributed by atoms with Crippen LogP contribution < -0.4 is 20.8 Å². The lowest BCUT2D eigenvalue weighted by Crippen LogP contribution is -2.32. The molecule has 0 aliphatic carbocycles. The summed E-state index contributed by atoms with van der Waals surface area (Å²) >= 11 is 12.0. The molecule has 0 aliphatic heterocycles. The summed E-state index contributed by atoms with van der Waals surface area (Å²) in [5, 5.41) is 9.54. The van der Waals surface area contributed by atoms with E-state index in [0.717, 1.165) is 0 Å². The van der Waals surface area contributed by atoms with Crippen LogP contribution in [0.3, 0.4) is 0 Å². The van der Waals surface area contributed by atoms with Gasteiger partial charge in [-0.3, -0.25) is 14.4 Å². The maximum Gasteiger partial charge on any atom is 0.329 e. The third-order valence-electron chi connectivity index (χ3n) is 4.08. The van der Waals surface area contributed by atoms with Crippen molar-refractivity contribution < 1.29 is 19.1 Å².